The fourth-order valence-electron chi connectivity index (χ4n) is 3.75. The molecule has 0 radical (unpaired) electrons. The number of benzene rings is 2. The van der Waals surface area contributed by atoms with Crippen molar-refractivity contribution in [3.8, 4) is 5.75 Å². The summed E-state index contributed by atoms with van der Waals surface area (Å²) in [7, 11) is 3.88. The first kappa shape index (κ1) is 17.5. The van der Waals surface area contributed by atoms with E-state index in [-0.39, 0.29) is 5.54 Å². The summed E-state index contributed by atoms with van der Waals surface area (Å²) in [5.41, 5.74) is 6.21. The van der Waals surface area contributed by atoms with Gasteiger partial charge in [-0.25, -0.2) is 0 Å². The minimum absolute atomic E-state index is 0.186. The van der Waals surface area contributed by atoms with Gasteiger partial charge in [0.2, 0.25) is 0 Å². The number of nitrogens with zero attached hydrogens (tertiary/aromatic N) is 2. The molecule has 1 aliphatic heterocycles. The third kappa shape index (κ3) is 3.28. The average Bonchev–Trinajstić information content (AvgIpc) is 2.58. The van der Waals surface area contributed by atoms with Crippen molar-refractivity contribution in [2.75, 3.05) is 19.1 Å². The van der Waals surface area contributed by atoms with E-state index in [1.54, 1.807) is 7.11 Å². The second-order valence-corrected chi connectivity index (χ2v) is 7.67. The van der Waals surface area contributed by atoms with Crippen molar-refractivity contribution in [1.82, 2.24) is 0 Å². The van der Waals surface area contributed by atoms with Gasteiger partial charge in [0.05, 0.1) is 7.11 Å². The fourth-order valence-corrected chi connectivity index (χ4v) is 3.75. The largest absolute Gasteiger partial charge is 0.494 e. The average molecular weight is 336 g/mol. The predicted octanol–water partition coefficient (Wildman–Crippen LogP) is 5.48. The Balaban J connectivity index is 2.00. The summed E-state index contributed by atoms with van der Waals surface area (Å²) >= 11 is 0. The first-order valence-electron chi connectivity index (χ1n) is 8.89. The maximum atomic E-state index is 5.39. The zero-order valence-corrected chi connectivity index (χ0v) is 16.1. The molecule has 0 fully saturated rings. The highest BCUT2D eigenvalue weighted by atomic mass is 16.5. The lowest BCUT2D eigenvalue weighted by atomic mass is 9.79. The Hall–Kier alpha value is -2.29. The van der Waals surface area contributed by atoms with Crippen molar-refractivity contribution in [2.45, 2.75) is 45.6 Å². The van der Waals surface area contributed by atoms with Crippen LogP contribution in [0.5, 0.6) is 5.75 Å². The molecule has 0 N–H and O–H groups in total. The second-order valence-electron chi connectivity index (χ2n) is 7.67. The fraction of sp³-hybridized carbons (Fsp3) is 0.409. The standard InChI is InChI=1S/C22H28N2O/c1-15-11-20-18(16(2)13-22(3,4)24(20)5)12-17(15)14-23-19-9-7-8-10-21(19)25-6/h7-12,14,16H,13H2,1-6H3. The Kier molecular flexibility index (Phi) is 4.59. The highest BCUT2D eigenvalue weighted by molar-refractivity contribution is 5.86. The molecule has 132 valence electrons. The number of ether oxygens (including phenoxy) is 1. The lowest BCUT2D eigenvalue weighted by molar-refractivity contribution is 0.395. The van der Waals surface area contributed by atoms with Gasteiger partial charge in [0.15, 0.2) is 0 Å². The van der Waals surface area contributed by atoms with E-state index in [0.29, 0.717) is 5.92 Å². The van der Waals surface area contributed by atoms with E-state index in [9.17, 15) is 0 Å². The molecule has 2 aromatic rings. The predicted molar refractivity (Wildman–Crippen MR) is 107 cm³/mol. The molecule has 25 heavy (non-hydrogen) atoms. The molecular weight excluding hydrogens is 308 g/mol. The Morgan fingerprint density at radius 1 is 1.24 bits per heavy atom. The van der Waals surface area contributed by atoms with Crippen molar-refractivity contribution < 1.29 is 4.74 Å². The molecule has 3 nitrogen and oxygen atoms in total. The highest BCUT2D eigenvalue weighted by Crippen LogP contribution is 2.43. The topological polar surface area (TPSA) is 24.8 Å². The van der Waals surface area contributed by atoms with E-state index < -0.39 is 0 Å². The quantitative estimate of drug-likeness (QED) is 0.694. The van der Waals surface area contributed by atoms with E-state index in [4.69, 9.17) is 4.74 Å². The number of aryl methyl sites for hydroxylation is 1. The van der Waals surface area contributed by atoms with E-state index in [0.717, 1.165) is 17.9 Å². The maximum Gasteiger partial charge on any atom is 0.144 e. The van der Waals surface area contributed by atoms with Crippen LogP contribution in [-0.4, -0.2) is 25.9 Å². The molecule has 1 aliphatic rings. The number of methoxy groups -OCH3 is 1. The highest BCUT2D eigenvalue weighted by Gasteiger charge is 2.34. The van der Waals surface area contributed by atoms with E-state index in [1.165, 1.54) is 22.4 Å². The molecule has 1 unspecified atom stereocenters. The first-order chi connectivity index (χ1) is 11.8. The van der Waals surface area contributed by atoms with Crippen LogP contribution in [0.4, 0.5) is 11.4 Å². The van der Waals surface area contributed by atoms with Gasteiger partial charge in [0, 0.05) is 24.5 Å². The molecule has 0 amide bonds. The number of hydrogen-bond acceptors (Lipinski definition) is 3. The molecule has 1 atom stereocenters. The normalized spacial score (nSPS) is 19.1. The SMILES string of the molecule is COc1ccccc1N=Cc1cc2c(cc1C)N(C)C(C)(C)CC2C. The van der Waals surface area contributed by atoms with Gasteiger partial charge in [-0.2, -0.15) is 0 Å². The summed E-state index contributed by atoms with van der Waals surface area (Å²) in [6.07, 6.45) is 3.11. The minimum Gasteiger partial charge on any atom is -0.494 e. The van der Waals surface area contributed by atoms with Crippen molar-refractivity contribution >= 4 is 17.6 Å². The van der Waals surface area contributed by atoms with E-state index in [1.807, 2.05) is 30.5 Å². The third-order valence-electron chi connectivity index (χ3n) is 5.45. The van der Waals surface area contributed by atoms with Gasteiger partial charge in [-0.05, 0) is 74.1 Å². The maximum absolute atomic E-state index is 5.39. The lowest BCUT2D eigenvalue weighted by Crippen LogP contribution is -2.45. The lowest BCUT2D eigenvalue weighted by Gasteiger charge is -2.45. The molecular formula is C22H28N2O. The van der Waals surface area contributed by atoms with Gasteiger partial charge in [0.25, 0.3) is 0 Å². The minimum atomic E-state index is 0.186. The van der Waals surface area contributed by atoms with Crippen LogP contribution in [0.3, 0.4) is 0 Å². The van der Waals surface area contributed by atoms with Gasteiger partial charge in [-0.15, -0.1) is 0 Å². The molecule has 0 saturated carbocycles. The van der Waals surface area contributed by atoms with Gasteiger partial charge >= 0.3 is 0 Å². The van der Waals surface area contributed by atoms with E-state index >= 15 is 0 Å². The second kappa shape index (κ2) is 6.55. The van der Waals surface area contributed by atoms with Crippen molar-refractivity contribution in [1.29, 1.82) is 0 Å². The number of fused-ring (bicyclic) bond motifs is 1. The van der Waals surface area contributed by atoms with Gasteiger partial charge in [-0.3, -0.25) is 4.99 Å². The molecule has 3 rings (SSSR count). The van der Waals surface area contributed by atoms with Crippen LogP contribution in [0.15, 0.2) is 41.4 Å². The van der Waals surface area contributed by atoms with Crippen molar-refractivity contribution in [2.24, 2.45) is 4.99 Å². The molecule has 2 aromatic carbocycles. The molecule has 0 bridgehead atoms. The van der Waals surface area contributed by atoms with Crippen LogP contribution < -0.4 is 9.64 Å². The number of para-hydroxylation sites is 2. The van der Waals surface area contributed by atoms with Crippen LogP contribution >= 0.6 is 0 Å². The van der Waals surface area contributed by atoms with Crippen LogP contribution in [0, 0.1) is 6.92 Å². The summed E-state index contributed by atoms with van der Waals surface area (Å²) in [5.74, 6) is 1.34. The van der Waals surface area contributed by atoms with Gasteiger partial charge in [-0.1, -0.05) is 19.1 Å². The Morgan fingerprint density at radius 3 is 2.68 bits per heavy atom. The summed E-state index contributed by atoms with van der Waals surface area (Å²) in [6.45, 7) is 9.12. The molecule has 0 aliphatic carbocycles. The molecule has 3 heteroatoms. The number of rotatable bonds is 3. The Labute approximate surface area is 151 Å². The van der Waals surface area contributed by atoms with Crippen molar-refractivity contribution in [3.05, 3.63) is 53.1 Å². The number of anilines is 1. The summed E-state index contributed by atoms with van der Waals surface area (Å²) < 4.78 is 5.39. The van der Waals surface area contributed by atoms with Crippen LogP contribution in [0.1, 0.15) is 49.8 Å². The van der Waals surface area contributed by atoms with Crippen molar-refractivity contribution in [3.63, 3.8) is 0 Å². The van der Waals surface area contributed by atoms with Gasteiger partial charge in [0.1, 0.15) is 11.4 Å². The zero-order chi connectivity index (χ0) is 18.2. The monoisotopic (exact) mass is 336 g/mol. The molecule has 0 saturated heterocycles. The third-order valence-corrected chi connectivity index (χ3v) is 5.45. The first-order valence-corrected chi connectivity index (χ1v) is 8.89. The van der Waals surface area contributed by atoms with E-state index in [2.05, 4.69) is 56.8 Å². The number of aliphatic imine (C=N–C) groups is 1. The van der Waals surface area contributed by atoms with Crippen LogP contribution in [-0.2, 0) is 0 Å². The molecule has 0 spiro atoms. The Morgan fingerprint density at radius 2 is 1.96 bits per heavy atom. The molecule has 0 aromatic heterocycles. The summed E-state index contributed by atoms with van der Waals surface area (Å²) in [6, 6.07) is 12.5. The summed E-state index contributed by atoms with van der Waals surface area (Å²) in [4.78, 5) is 7.08. The molecule has 1 heterocycles. The summed E-state index contributed by atoms with van der Waals surface area (Å²) in [5, 5.41) is 0. The van der Waals surface area contributed by atoms with Crippen LogP contribution in [0.2, 0.25) is 0 Å². The smallest absolute Gasteiger partial charge is 0.144 e. The zero-order valence-electron chi connectivity index (χ0n) is 16.1. The van der Waals surface area contributed by atoms with Crippen LogP contribution in [0.25, 0.3) is 0 Å². The number of hydrogen-bond donors (Lipinski definition) is 0. The van der Waals surface area contributed by atoms with Gasteiger partial charge < -0.3 is 9.64 Å². The Bertz CT molecular complexity index is 808.